The highest BCUT2D eigenvalue weighted by atomic mass is 16.5. The number of nitrogens with zero attached hydrogens (tertiary/aromatic N) is 2. The quantitative estimate of drug-likeness (QED) is 0.849. The molecule has 2 aliphatic rings. The number of rotatable bonds is 3. The van der Waals surface area contributed by atoms with Gasteiger partial charge in [-0.05, 0) is 35.6 Å². The molecule has 2 amide bonds. The van der Waals surface area contributed by atoms with E-state index < -0.39 is 0 Å². The summed E-state index contributed by atoms with van der Waals surface area (Å²) in [5.41, 5.74) is 10.6. The molecule has 0 saturated carbocycles. The van der Waals surface area contributed by atoms with Crippen molar-refractivity contribution >= 4 is 11.8 Å². The molecule has 2 aromatic rings. The lowest BCUT2D eigenvalue weighted by atomic mass is 9.90. The Balaban J connectivity index is 1.35. The first kappa shape index (κ1) is 20.6. The van der Waals surface area contributed by atoms with Gasteiger partial charge in [0.15, 0.2) is 5.78 Å². The van der Waals surface area contributed by atoms with E-state index >= 15 is 0 Å². The van der Waals surface area contributed by atoms with Crippen LogP contribution in [0.3, 0.4) is 0 Å². The molecule has 2 aromatic carbocycles. The second kappa shape index (κ2) is 8.98. The zero-order valence-electron chi connectivity index (χ0n) is 17.4. The average molecular weight is 408 g/mol. The minimum Gasteiger partial charge on any atom is -0.369 e. The number of ether oxygens (including phenoxy) is 1. The molecule has 2 saturated heterocycles. The van der Waals surface area contributed by atoms with Crippen LogP contribution in [0.5, 0.6) is 0 Å². The number of hydrogen-bond acceptors (Lipinski definition) is 4. The molecule has 158 valence electrons. The van der Waals surface area contributed by atoms with E-state index in [2.05, 4.69) is 55.5 Å². The lowest BCUT2D eigenvalue weighted by Gasteiger charge is -2.42. The van der Waals surface area contributed by atoms with E-state index in [-0.39, 0.29) is 31.1 Å². The second-order valence-electron chi connectivity index (χ2n) is 8.24. The van der Waals surface area contributed by atoms with Gasteiger partial charge in [0.2, 0.25) is 0 Å². The summed E-state index contributed by atoms with van der Waals surface area (Å²) in [6.45, 7) is 4.49. The van der Waals surface area contributed by atoms with Crippen LogP contribution in [0, 0.1) is 6.92 Å². The van der Waals surface area contributed by atoms with Crippen LogP contribution in [-0.2, 0) is 9.53 Å². The van der Waals surface area contributed by atoms with E-state index in [1.807, 2.05) is 4.90 Å². The fraction of sp³-hybridized carbons (Fsp3) is 0.417. The molecule has 2 fully saturated rings. The Labute approximate surface area is 177 Å². The Morgan fingerprint density at radius 2 is 1.83 bits per heavy atom. The zero-order valence-corrected chi connectivity index (χ0v) is 17.4. The second-order valence-corrected chi connectivity index (χ2v) is 8.24. The predicted molar refractivity (Wildman–Crippen MR) is 116 cm³/mol. The zero-order chi connectivity index (χ0) is 21.1. The number of nitrogens with two attached hydrogens (primary N) is 1. The number of aryl methyl sites for hydroxylation is 1. The van der Waals surface area contributed by atoms with Crippen LogP contribution in [0.15, 0.2) is 48.5 Å². The molecule has 2 heterocycles. The lowest BCUT2D eigenvalue weighted by molar-refractivity contribution is -0.128. The third-order valence-corrected chi connectivity index (χ3v) is 6.09. The van der Waals surface area contributed by atoms with Crippen LogP contribution in [0.25, 0.3) is 11.1 Å². The first-order valence-electron chi connectivity index (χ1n) is 10.6. The fourth-order valence-electron chi connectivity index (χ4n) is 4.16. The number of urea groups is 1. The summed E-state index contributed by atoms with van der Waals surface area (Å²) >= 11 is 0. The highest BCUT2D eigenvalue weighted by molar-refractivity contribution is 5.86. The number of Topliss-reactive ketones (excluding diaryl/α,β-unsaturated/α-hetero) is 1. The SMILES string of the molecule is Cc1ccccc1-c1ccc(C2CN(C(=O)N3CC[C@@H](CN)OCC(=O)C3)C2)cc1. The average Bonchev–Trinajstić information content (AvgIpc) is 2.71. The molecule has 0 spiro atoms. The summed E-state index contributed by atoms with van der Waals surface area (Å²) < 4.78 is 5.47. The molecule has 0 radical (unpaired) electrons. The molecular weight excluding hydrogens is 378 g/mol. The summed E-state index contributed by atoms with van der Waals surface area (Å²) in [4.78, 5) is 28.4. The Hall–Kier alpha value is -2.70. The molecule has 2 aliphatic heterocycles. The van der Waals surface area contributed by atoms with Crippen molar-refractivity contribution in [2.45, 2.75) is 25.4 Å². The smallest absolute Gasteiger partial charge is 0.320 e. The van der Waals surface area contributed by atoms with Crippen molar-refractivity contribution in [3.8, 4) is 11.1 Å². The van der Waals surface area contributed by atoms with Crippen LogP contribution in [-0.4, -0.2) is 67.0 Å². The van der Waals surface area contributed by atoms with E-state index in [1.165, 1.54) is 22.3 Å². The molecule has 30 heavy (non-hydrogen) atoms. The number of carbonyl (C=O) groups is 2. The van der Waals surface area contributed by atoms with Gasteiger partial charge in [0.05, 0.1) is 12.6 Å². The number of ketones is 1. The Bertz CT molecular complexity index is 906. The van der Waals surface area contributed by atoms with Crippen LogP contribution in [0.2, 0.25) is 0 Å². The standard InChI is InChI=1S/C24H29N3O3/c1-17-4-2-3-5-23(17)19-8-6-18(7-9-19)20-13-27(14-20)24(29)26-11-10-22(12-25)30-16-21(28)15-26/h2-9,20,22H,10-16,25H2,1H3/t22-/m0/s1. The van der Waals surface area contributed by atoms with E-state index in [0.29, 0.717) is 38.5 Å². The summed E-state index contributed by atoms with van der Waals surface area (Å²) in [5, 5.41) is 0. The summed E-state index contributed by atoms with van der Waals surface area (Å²) in [7, 11) is 0. The van der Waals surface area contributed by atoms with Gasteiger partial charge in [0, 0.05) is 32.1 Å². The van der Waals surface area contributed by atoms with Gasteiger partial charge >= 0.3 is 6.03 Å². The van der Waals surface area contributed by atoms with Crippen LogP contribution < -0.4 is 5.73 Å². The van der Waals surface area contributed by atoms with Crippen LogP contribution in [0.1, 0.15) is 23.5 Å². The molecule has 0 bridgehead atoms. The molecule has 1 atom stereocenters. The normalized spacial score (nSPS) is 20.5. The molecule has 2 N–H and O–H groups in total. The van der Waals surface area contributed by atoms with E-state index in [1.54, 1.807) is 4.90 Å². The molecule has 4 rings (SSSR count). The highest BCUT2D eigenvalue weighted by Crippen LogP contribution is 2.30. The number of amides is 2. The van der Waals surface area contributed by atoms with Gasteiger partial charge in [-0.25, -0.2) is 4.79 Å². The van der Waals surface area contributed by atoms with Crippen LogP contribution in [0.4, 0.5) is 4.79 Å². The van der Waals surface area contributed by atoms with Crippen molar-refractivity contribution in [1.29, 1.82) is 0 Å². The van der Waals surface area contributed by atoms with Gasteiger partial charge in [-0.15, -0.1) is 0 Å². The monoisotopic (exact) mass is 407 g/mol. The molecular formula is C24H29N3O3. The van der Waals surface area contributed by atoms with Gasteiger partial charge in [-0.1, -0.05) is 48.5 Å². The number of likely N-dealkylation sites (tertiary alicyclic amines) is 1. The van der Waals surface area contributed by atoms with Crippen molar-refractivity contribution in [2.75, 3.05) is 39.3 Å². The third-order valence-electron chi connectivity index (χ3n) is 6.09. The third kappa shape index (κ3) is 4.40. The van der Waals surface area contributed by atoms with E-state index in [0.717, 1.165) is 0 Å². The lowest BCUT2D eigenvalue weighted by Crippen LogP contribution is -2.55. The highest BCUT2D eigenvalue weighted by Gasteiger charge is 2.35. The Kier molecular flexibility index (Phi) is 6.16. The number of carbonyl (C=O) groups excluding carboxylic acids is 2. The molecule has 0 aromatic heterocycles. The minimum atomic E-state index is -0.166. The topological polar surface area (TPSA) is 75.9 Å². The summed E-state index contributed by atoms with van der Waals surface area (Å²) in [6.07, 6.45) is 0.494. The maximum absolute atomic E-state index is 12.9. The summed E-state index contributed by atoms with van der Waals surface area (Å²) in [5.74, 6) is 0.260. The van der Waals surface area contributed by atoms with E-state index in [9.17, 15) is 9.59 Å². The molecule has 6 heteroatoms. The predicted octanol–water partition coefficient (Wildman–Crippen LogP) is 2.80. The van der Waals surface area contributed by atoms with Gasteiger partial charge in [-0.2, -0.15) is 0 Å². The van der Waals surface area contributed by atoms with Crippen LogP contribution >= 0.6 is 0 Å². The van der Waals surface area contributed by atoms with Crippen molar-refractivity contribution in [3.05, 3.63) is 59.7 Å². The first-order valence-corrected chi connectivity index (χ1v) is 10.6. The first-order chi connectivity index (χ1) is 14.5. The number of hydrogen-bond donors (Lipinski definition) is 1. The molecule has 0 aliphatic carbocycles. The number of benzene rings is 2. The van der Waals surface area contributed by atoms with Crippen molar-refractivity contribution < 1.29 is 14.3 Å². The maximum Gasteiger partial charge on any atom is 0.320 e. The summed E-state index contributed by atoms with van der Waals surface area (Å²) in [6, 6.07) is 17.0. The van der Waals surface area contributed by atoms with E-state index in [4.69, 9.17) is 10.5 Å². The van der Waals surface area contributed by atoms with Gasteiger partial charge < -0.3 is 20.3 Å². The van der Waals surface area contributed by atoms with Gasteiger partial charge in [0.1, 0.15) is 6.61 Å². The maximum atomic E-state index is 12.9. The van der Waals surface area contributed by atoms with Crippen molar-refractivity contribution in [1.82, 2.24) is 9.80 Å². The largest absolute Gasteiger partial charge is 0.369 e. The molecule has 0 unspecified atom stereocenters. The van der Waals surface area contributed by atoms with Gasteiger partial charge in [-0.3, -0.25) is 4.79 Å². The fourth-order valence-corrected chi connectivity index (χ4v) is 4.16. The Morgan fingerprint density at radius 1 is 1.10 bits per heavy atom. The van der Waals surface area contributed by atoms with Crippen molar-refractivity contribution in [2.24, 2.45) is 5.73 Å². The molecule has 6 nitrogen and oxygen atoms in total. The minimum absolute atomic E-state index is 0.0293. The Morgan fingerprint density at radius 3 is 2.53 bits per heavy atom. The van der Waals surface area contributed by atoms with Crippen molar-refractivity contribution in [3.63, 3.8) is 0 Å². The van der Waals surface area contributed by atoms with Gasteiger partial charge in [0.25, 0.3) is 0 Å².